The lowest BCUT2D eigenvalue weighted by molar-refractivity contribution is -0.138. The third-order valence-electron chi connectivity index (χ3n) is 7.37. The molecule has 0 spiro atoms. The summed E-state index contributed by atoms with van der Waals surface area (Å²) in [5, 5.41) is 5.87. The number of benzene rings is 2. The van der Waals surface area contributed by atoms with Crippen LogP contribution in [0.15, 0.2) is 67.4 Å². The van der Waals surface area contributed by atoms with Crippen LogP contribution in [0, 0.1) is 6.92 Å². The second-order valence-electron chi connectivity index (χ2n) is 10.4. The highest BCUT2D eigenvalue weighted by Gasteiger charge is 2.35. The number of anilines is 3. The van der Waals surface area contributed by atoms with Crippen LogP contribution in [0.4, 0.5) is 30.5 Å². The van der Waals surface area contributed by atoms with E-state index in [1.165, 1.54) is 18.5 Å². The average molecular weight is 613 g/mol. The normalized spacial score (nSPS) is 15.9. The van der Waals surface area contributed by atoms with Crippen LogP contribution in [0.3, 0.4) is 0 Å². The van der Waals surface area contributed by atoms with Gasteiger partial charge < -0.3 is 15.5 Å². The maximum Gasteiger partial charge on any atom is 0.416 e. The molecule has 2 aromatic carbocycles. The quantitative estimate of drug-likeness (QED) is 0.270. The van der Waals surface area contributed by atoms with Gasteiger partial charge in [0.25, 0.3) is 5.91 Å². The summed E-state index contributed by atoms with van der Waals surface area (Å²) in [6.45, 7) is 6.24. The summed E-state index contributed by atoms with van der Waals surface area (Å²) in [7, 11) is 2.01. The lowest BCUT2D eigenvalue weighted by atomic mass is 10.0. The number of hydrogen-bond acceptors (Lipinski definition) is 8. The van der Waals surface area contributed by atoms with Crippen molar-refractivity contribution in [1.82, 2.24) is 29.7 Å². The van der Waals surface area contributed by atoms with E-state index in [2.05, 4.69) is 42.4 Å². The number of hydrogen-bond donors (Lipinski definition) is 2. The Labute approximate surface area is 254 Å². The van der Waals surface area contributed by atoms with E-state index < -0.39 is 17.6 Å². The molecular formula is C30H32ClF3N8O. The van der Waals surface area contributed by atoms with Gasteiger partial charge >= 0.3 is 6.18 Å². The molecule has 0 saturated carbocycles. The first-order valence-corrected chi connectivity index (χ1v) is 13.5. The summed E-state index contributed by atoms with van der Waals surface area (Å²) < 4.78 is 42.2. The van der Waals surface area contributed by atoms with E-state index in [-0.39, 0.29) is 36.1 Å². The number of nitrogens with zero attached hydrogens (tertiary/aromatic N) is 6. The molecule has 1 unspecified atom stereocenters. The molecule has 1 aliphatic heterocycles. The molecule has 2 aromatic heterocycles. The monoisotopic (exact) mass is 612 g/mol. The Morgan fingerprint density at radius 2 is 1.84 bits per heavy atom. The number of rotatable bonds is 7. The van der Waals surface area contributed by atoms with Crippen molar-refractivity contribution in [2.45, 2.75) is 32.6 Å². The second-order valence-corrected chi connectivity index (χ2v) is 10.4. The van der Waals surface area contributed by atoms with Gasteiger partial charge in [0, 0.05) is 73.3 Å². The van der Waals surface area contributed by atoms with Gasteiger partial charge in [0.2, 0.25) is 5.95 Å². The SMILES string of the molecule is Cc1ccc(NC(=O)c2ccc(CN3CCN(C)C(C)C3)c(C(F)(F)F)c2)cc1Nc1nccc(-c2cncnc2)n1.Cl. The van der Waals surface area contributed by atoms with Gasteiger partial charge in [-0.3, -0.25) is 9.69 Å². The largest absolute Gasteiger partial charge is 0.416 e. The van der Waals surface area contributed by atoms with Crippen molar-refractivity contribution in [2.24, 2.45) is 0 Å². The van der Waals surface area contributed by atoms with Gasteiger partial charge in [0.1, 0.15) is 6.33 Å². The number of halogens is 4. The van der Waals surface area contributed by atoms with Gasteiger partial charge in [-0.2, -0.15) is 13.2 Å². The van der Waals surface area contributed by atoms with Crippen molar-refractivity contribution < 1.29 is 18.0 Å². The maximum atomic E-state index is 14.1. The number of carbonyl (C=O) groups is 1. The third kappa shape index (κ3) is 7.83. The highest BCUT2D eigenvalue weighted by Crippen LogP contribution is 2.34. The second kappa shape index (κ2) is 13.4. The lowest BCUT2D eigenvalue weighted by Crippen LogP contribution is -2.49. The van der Waals surface area contributed by atoms with Gasteiger partial charge in [-0.05, 0) is 62.4 Å². The van der Waals surface area contributed by atoms with E-state index in [0.717, 1.165) is 23.7 Å². The van der Waals surface area contributed by atoms with Crippen LogP contribution in [-0.2, 0) is 12.7 Å². The molecule has 9 nitrogen and oxygen atoms in total. The molecule has 1 atom stereocenters. The first-order chi connectivity index (χ1) is 20.1. The van der Waals surface area contributed by atoms with Crippen LogP contribution >= 0.6 is 12.4 Å². The molecule has 4 aromatic rings. The molecule has 0 bridgehead atoms. The molecule has 3 heterocycles. The minimum Gasteiger partial charge on any atom is -0.324 e. The average Bonchev–Trinajstić information content (AvgIpc) is 2.97. The number of carbonyl (C=O) groups excluding carboxylic acids is 1. The molecule has 13 heteroatoms. The zero-order chi connectivity index (χ0) is 29.9. The smallest absolute Gasteiger partial charge is 0.324 e. The van der Waals surface area contributed by atoms with E-state index in [0.29, 0.717) is 36.1 Å². The number of likely N-dealkylation sites (N-methyl/N-ethyl adjacent to an activating group) is 1. The Morgan fingerprint density at radius 1 is 1.07 bits per heavy atom. The summed E-state index contributed by atoms with van der Waals surface area (Å²) >= 11 is 0. The summed E-state index contributed by atoms with van der Waals surface area (Å²) in [6, 6.07) is 10.9. The van der Waals surface area contributed by atoms with Gasteiger partial charge in [-0.15, -0.1) is 12.4 Å². The fourth-order valence-corrected chi connectivity index (χ4v) is 4.80. The van der Waals surface area contributed by atoms with Crippen LogP contribution in [0.25, 0.3) is 11.3 Å². The summed E-state index contributed by atoms with van der Waals surface area (Å²) in [5.74, 6) is -0.319. The Balaban J connectivity index is 0.00000423. The Morgan fingerprint density at radius 3 is 2.56 bits per heavy atom. The topological polar surface area (TPSA) is 99.2 Å². The van der Waals surface area contributed by atoms with Crippen LogP contribution < -0.4 is 10.6 Å². The van der Waals surface area contributed by atoms with E-state index >= 15 is 0 Å². The summed E-state index contributed by atoms with van der Waals surface area (Å²) in [5.41, 5.74) is 2.52. The van der Waals surface area contributed by atoms with Crippen LogP contribution in [0.1, 0.15) is 34.0 Å². The first-order valence-electron chi connectivity index (χ1n) is 13.5. The minimum absolute atomic E-state index is 0. The molecule has 1 fully saturated rings. The fraction of sp³-hybridized carbons (Fsp3) is 0.300. The number of amides is 1. The van der Waals surface area contributed by atoms with Crippen molar-refractivity contribution in [3.8, 4) is 11.3 Å². The van der Waals surface area contributed by atoms with Crippen LogP contribution in [0.2, 0.25) is 0 Å². The molecule has 226 valence electrons. The van der Waals surface area contributed by atoms with Crippen molar-refractivity contribution in [2.75, 3.05) is 37.3 Å². The number of alkyl halides is 3. The van der Waals surface area contributed by atoms with Crippen molar-refractivity contribution in [1.29, 1.82) is 0 Å². The molecule has 1 amide bonds. The summed E-state index contributed by atoms with van der Waals surface area (Å²) in [4.78, 5) is 34.1. The number of piperazine rings is 1. The van der Waals surface area contributed by atoms with Crippen LogP contribution in [-0.4, -0.2) is 68.4 Å². The molecule has 0 aliphatic carbocycles. The molecule has 43 heavy (non-hydrogen) atoms. The Bertz CT molecular complexity index is 1570. The van der Waals surface area contributed by atoms with Gasteiger partial charge in [0.05, 0.1) is 11.3 Å². The molecule has 1 saturated heterocycles. The van der Waals surface area contributed by atoms with Crippen molar-refractivity contribution >= 4 is 35.6 Å². The number of nitrogens with one attached hydrogen (secondary N) is 2. The predicted molar refractivity (Wildman–Crippen MR) is 162 cm³/mol. The molecule has 2 N–H and O–H groups in total. The standard InChI is InChI=1S/C30H31F3N8O.ClH/c1-19-4-7-24(13-27(19)39-29-36-9-8-26(38-29)23-14-34-18-35-15-23)37-28(42)21-5-6-22(25(12-21)30(31,32)33)17-41-11-10-40(3)20(2)16-41;/h4-9,12-15,18,20H,10-11,16-17H2,1-3H3,(H,37,42)(H,36,38,39);1H. The van der Waals surface area contributed by atoms with E-state index in [1.807, 2.05) is 18.9 Å². The van der Waals surface area contributed by atoms with Gasteiger partial charge in [-0.1, -0.05) is 12.1 Å². The third-order valence-corrected chi connectivity index (χ3v) is 7.37. The van der Waals surface area contributed by atoms with Crippen molar-refractivity contribution in [3.05, 3.63) is 89.6 Å². The lowest BCUT2D eigenvalue weighted by Gasteiger charge is -2.38. The molecule has 5 rings (SSSR count). The summed E-state index contributed by atoms with van der Waals surface area (Å²) in [6.07, 6.45) is 1.73. The van der Waals surface area contributed by atoms with E-state index in [4.69, 9.17) is 0 Å². The highest BCUT2D eigenvalue weighted by atomic mass is 35.5. The fourth-order valence-electron chi connectivity index (χ4n) is 4.80. The molecule has 0 radical (unpaired) electrons. The molecular weight excluding hydrogens is 581 g/mol. The maximum absolute atomic E-state index is 14.1. The van der Waals surface area contributed by atoms with Crippen molar-refractivity contribution in [3.63, 3.8) is 0 Å². The van der Waals surface area contributed by atoms with Crippen LogP contribution in [0.5, 0.6) is 0 Å². The highest BCUT2D eigenvalue weighted by molar-refractivity contribution is 6.04. The first kappa shape index (κ1) is 31.8. The zero-order valence-electron chi connectivity index (χ0n) is 23.9. The number of aromatic nitrogens is 4. The molecule has 1 aliphatic rings. The zero-order valence-corrected chi connectivity index (χ0v) is 24.7. The minimum atomic E-state index is -4.59. The number of aryl methyl sites for hydroxylation is 1. The van der Waals surface area contributed by atoms with E-state index in [9.17, 15) is 18.0 Å². The Hall–Kier alpha value is -4.13. The van der Waals surface area contributed by atoms with Gasteiger partial charge in [0.15, 0.2) is 0 Å². The predicted octanol–water partition coefficient (Wildman–Crippen LogP) is 5.81. The Kier molecular flexibility index (Phi) is 9.95. The van der Waals surface area contributed by atoms with E-state index in [1.54, 1.807) is 42.9 Å². The van der Waals surface area contributed by atoms with Gasteiger partial charge in [-0.25, -0.2) is 19.9 Å².